The molecule has 3 rings (SSSR count). The van der Waals surface area contributed by atoms with Crippen molar-refractivity contribution in [3.8, 4) is 0 Å². The maximum atomic E-state index is 12.2. The Morgan fingerprint density at radius 3 is 2.82 bits per heavy atom. The van der Waals surface area contributed by atoms with Crippen LogP contribution < -0.4 is 5.32 Å². The number of aryl methyl sites for hydroxylation is 2. The van der Waals surface area contributed by atoms with Crippen LogP contribution >= 0.6 is 0 Å². The second-order valence-corrected chi connectivity index (χ2v) is 8.35. The Morgan fingerprint density at radius 2 is 2.14 bits per heavy atom. The second-order valence-electron chi connectivity index (χ2n) is 6.12. The van der Waals surface area contributed by atoms with Crippen LogP contribution in [0.3, 0.4) is 0 Å². The lowest BCUT2D eigenvalue weighted by Crippen LogP contribution is -2.36. The molecule has 0 aliphatic carbocycles. The van der Waals surface area contributed by atoms with Crippen molar-refractivity contribution in [1.82, 2.24) is 10.3 Å². The van der Waals surface area contributed by atoms with Gasteiger partial charge >= 0.3 is 0 Å². The number of aromatic nitrogens is 1. The SMILES string of the molecule is Cc1ccc2[nH]c(C)c(CC(=O)NC3CCS(=O)(=O)C3)c2c1. The molecule has 1 aliphatic heterocycles. The number of fused-ring (bicyclic) bond motifs is 1. The number of rotatable bonds is 3. The molecule has 0 saturated carbocycles. The number of aromatic amines is 1. The minimum atomic E-state index is -2.97. The van der Waals surface area contributed by atoms with Gasteiger partial charge in [0.05, 0.1) is 17.9 Å². The maximum Gasteiger partial charge on any atom is 0.224 e. The molecule has 1 fully saturated rings. The molecular formula is C16H20N2O3S. The summed E-state index contributed by atoms with van der Waals surface area (Å²) in [5, 5.41) is 3.91. The zero-order chi connectivity index (χ0) is 15.9. The Hall–Kier alpha value is -1.82. The largest absolute Gasteiger partial charge is 0.358 e. The van der Waals surface area contributed by atoms with E-state index in [0.717, 1.165) is 27.7 Å². The van der Waals surface area contributed by atoms with Crippen LogP contribution in [0, 0.1) is 13.8 Å². The smallest absolute Gasteiger partial charge is 0.224 e. The fourth-order valence-corrected chi connectivity index (χ4v) is 4.75. The van der Waals surface area contributed by atoms with E-state index in [9.17, 15) is 13.2 Å². The van der Waals surface area contributed by atoms with Gasteiger partial charge < -0.3 is 10.3 Å². The number of sulfone groups is 1. The summed E-state index contributed by atoms with van der Waals surface area (Å²) in [5.74, 6) is 0.112. The lowest BCUT2D eigenvalue weighted by atomic mass is 10.1. The van der Waals surface area contributed by atoms with E-state index >= 15 is 0 Å². The van der Waals surface area contributed by atoms with Gasteiger partial charge in [0.25, 0.3) is 0 Å². The first-order valence-corrected chi connectivity index (χ1v) is 9.24. The van der Waals surface area contributed by atoms with Gasteiger partial charge in [-0.25, -0.2) is 8.42 Å². The van der Waals surface area contributed by atoms with Crippen molar-refractivity contribution < 1.29 is 13.2 Å². The van der Waals surface area contributed by atoms with E-state index in [2.05, 4.69) is 16.4 Å². The second kappa shape index (κ2) is 5.43. The van der Waals surface area contributed by atoms with Crippen LogP contribution in [0.25, 0.3) is 10.9 Å². The van der Waals surface area contributed by atoms with Crippen LogP contribution in [0.1, 0.15) is 23.2 Å². The summed E-state index contributed by atoms with van der Waals surface area (Å²) >= 11 is 0. The molecule has 118 valence electrons. The Labute approximate surface area is 130 Å². The molecule has 22 heavy (non-hydrogen) atoms. The Morgan fingerprint density at radius 1 is 1.36 bits per heavy atom. The van der Waals surface area contributed by atoms with E-state index in [1.165, 1.54) is 0 Å². The van der Waals surface area contributed by atoms with Crippen LogP contribution in [-0.2, 0) is 21.1 Å². The fourth-order valence-electron chi connectivity index (χ4n) is 3.07. The summed E-state index contributed by atoms with van der Waals surface area (Å²) in [5.41, 5.74) is 4.14. The van der Waals surface area contributed by atoms with Gasteiger partial charge in [0.2, 0.25) is 5.91 Å². The lowest BCUT2D eigenvalue weighted by Gasteiger charge is -2.11. The first kappa shape index (κ1) is 15.1. The summed E-state index contributed by atoms with van der Waals surface area (Å²) in [7, 11) is -2.97. The average molecular weight is 320 g/mol. The number of nitrogens with one attached hydrogen (secondary N) is 2. The number of hydrogen-bond donors (Lipinski definition) is 2. The lowest BCUT2D eigenvalue weighted by molar-refractivity contribution is -0.120. The fraction of sp³-hybridized carbons (Fsp3) is 0.438. The number of benzene rings is 1. The zero-order valence-electron chi connectivity index (χ0n) is 12.8. The van der Waals surface area contributed by atoms with Gasteiger partial charge in [-0.05, 0) is 38.0 Å². The van der Waals surface area contributed by atoms with Gasteiger partial charge in [-0.2, -0.15) is 0 Å². The summed E-state index contributed by atoms with van der Waals surface area (Å²) in [6.07, 6.45) is 0.784. The topological polar surface area (TPSA) is 79.0 Å². The minimum Gasteiger partial charge on any atom is -0.358 e. The Bertz CT molecular complexity index is 836. The van der Waals surface area contributed by atoms with E-state index in [1.54, 1.807) is 0 Å². The van der Waals surface area contributed by atoms with Crippen LogP contribution in [-0.4, -0.2) is 36.9 Å². The van der Waals surface area contributed by atoms with E-state index in [-0.39, 0.29) is 29.9 Å². The molecule has 1 aliphatic rings. The molecular weight excluding hydrogens is 300 g/mol. The monoisotopic (exact) mass is 320 g/mol. The van der Waals surface area contributed by atoms with Gasteiger partial charge in [0.1, 0.15) is 0 Å². The first-order chi connectivity index (χ1) is 10.3. The molecule has 1 unspecified atom stereocenters. The minimum absolute atomic E-state index is 0.0602. The zero-order valence-corrected chi connectivity index (χ0v) is 13.6. The van der Waals surface area contributed by atoms with Gasteiger partial charge in [-0.15, -0.1) is 0 Å². The number of carbonyl (C=O) groups is 1. The van der Waals surface area contributed by atoms with Crippen LogP contribution in [0.5, 0.6) is 0 Å². The van der Waals surface area contributed by atoms with Gasteiger partial charge in [-0.3, -0.25) is 4.79 Å². The highest BCUT2D eigenvalue weighted by Crippen LogP contribution is 2.24. The molecule has 0 bridgehead atoms. The van der Waals surface area contributed by atoms with Crippen LogP contribution in [0.4, 0.5) is 0 Å². The van der Waals surface area contributed by atoms with E-state index < -0.39 is 9.84 Å². The molecule has 0 radical (unpaired) electrons. The summed E-state index contributed by atoms with van der Waals surface area (Å²) in [6.45, 7) is 3.98. The quantitative estimate of drug-likeness (QED) is 0.902. The van der Waals surface area contributed by atoms with Crippen molar-refractivity contribution in [3.63, 3.8) is 0 Å². The molecule has 1 saturated heterocycles. The normalized spacial score (nSPS) is 20.4. The molecule has 1 aromatic carbocycles. The van der Waals surface area contributed by atoms with Gasteiger partial charge in [0, 0.05) is 22.6 Å². The molecule has 1 atom stereocenters. The van der Waals surface area contributed by atoms with Gasteiger partial charge in [-0.1, -0.05) is 11.6 Å². The summed E-state index contributed by atoms with van der Waals surface area (Å²) < 4.78 is 22.9. The predicted molar refractivity (Wildman–Crippen MR) is 86.7 cm³/mol. The number of carbonyl (C=O) groups excluding carboxylic acids is 1. The molecule has 2 N–H and O–H groups in total. The standard InChI is InChI=1S/C16H20N2O3S/c1-10-3-4-15-14(7-10)13(11(2)17-15)8-16(19)18-12-5-6-22(20,21)9-12/h3-4,7,12,17H,5-6,8-9H2,1-2H3,(H,18,19). The maximum absolute atomic E-state index is 12.2. The summed E-state index contributed by atoms with van der Waals surface area (Å²) in [4.78, 5) is 15.5. The van der Waals surface area contributed by atoms with Crippen molar-refractivity contribution in [3.05, 3.63) is 35.0 Å². The number of amides is 1. The first-order valence-electron chi connectivity index (χ1n) is 7.42. The summed E-state index contributed by atoms with van der Waals surface area (Å²) in [6, 6.07) is 5.88. The molecule has 1 amide bonds. The van der Waals surface area contributed by atoms with E-state index in [1.807, 2.05) is 26.0 Å². The molecule has 6 heteroatoms. The Kier molecular flexibility index (Phi) is 3.72. The third-order valence-electron chi connectivity index (χ3n) is 4.21. The average Bonchev–Trinajstić information content (AvgIpc) is 2.91. The molecule has 1 aromatic heterocycles. The number of hydrogen-bond acceptors (Lipinski definition) is 3. The van der Waals surface area contributed by atoms with Crippen molar-refractivity contribution in [1.29, 1.82) is 0 Å². The van der Waals surface area contributed by atoms with Crippen LogP contribution in [0.2, 0.25) is 0 Å². The highest BCUT2D eigenvalue weighted by molar-refractivity contribution is 7.91. The number of H-pyrrole nitrogens is 1. The highest BCUT2D eigenvalue weighted by Gasteiger charge is 2.29. The van der Waals surface area contributed by atoms with Gasteiger partial charge in [0.15, 0.2) is 9.84 Å². The third kappa shape index (κ3) is 3.02. The molecule has 0 spiro atoms. The van der Waals surface area contributed by atoms with Crippen LogP contribution in [0.15, 0.2) is 18.2 Å². The van der Waals surface area contributed by atoms with Crippen molar-refractivity contribution in [2.45, 2.75) is 32.7 Å². The van der Waals surface area contributed by atoms with Crippen molar-refractivity contribution in [2.24, 2.45) is 0 Å². The predicted octanol–water partition coefficient (Wildman–Crippen LogP) is 1.63. The van der Waals surface area contributed by atoms with E-state index in [0.29, 0.717) is 6.42 Å². The molecule has 2 aromatic rings. The highest BCUT2D eigenvalue weighted by atomic mass is 32.2. The molecule has 2 heterocycles. The Balaban J connectivity index is 1.77. The third-order valence-corrected chi connectivity index (χ3v) is 5.98. The van der Waals surface area contributed by atoms with Crippen molar-refractivity contribution >= 4 is 26.6 Å². The van der Waals surface area contributed by atoms with E-state index in [4.69, 9.17) is 0 Å². The molecule has 5 nitrogen and oxygen atoms in total. The van der Waals surface area contributed by atoms with Crippen molar-refractivity contribution in [2.75, 3.05) is 11.5 Å².